The fourth-order valence-corrected chi connectivity index (χ4v) is 6.47. The minimum Gasteiger partial charge on any atom is -0.477 e. The van der Waals surface area contributed by atoms with E-state index in [0.29, 0.717) is 49.7 Å². The number of carbonyl (C=O) groups is 1. The van der Waals surface area contributed by atoms with Crippen LogP contribution in [0.2, 0.25) is 0 Å². The Bertz CT molecular complexity index is 1350. The summed E-state index contributed by atoms with van der Waals surface area (Å²) in [7, 11) is -0.995. The van der Waals surface area contributed by atoms with Crippen molar-refractivity contribution in [2.75, 3.05) is 36.8 Å². The zero-order valence-corrected chi connectivity index (χ0v) is 19.0. The van der Waals surface area contributed by atoms with Crippen LogP contribution in [-0.2, 0) is 17.3 Å². The van der Waals surface area contributed by atoms with E-state index in [1.165, 1.54) is 6.20 Å². The normalized spacial score (nSPS) is 20.8. The first-order valence-electron chi connectivity index (χ1n) is 10.9. The average Bonchev–Trinajstić information content (AvgIpc) is 3.16. The minimum atomic E-state index is -1.32. The van der Waals surface area contributed by atoms with Crippen LogP contribution in [-0.4, -0.2) is 56.7 Å². The fourth-order valence-electron chi connectivity index (χ4n) is 4.92. The molecule has 2 aliphatic rings. The van der Waals surface area contributed by atoms with Crippen molar-refractivity contribution in [2.24, 2.45) is 0 Å². The van der Waals surface area contributed by atoms with Crippen molar-refractivity contribution in [1.82, 2.24) is 9.47 Å². The molecule has 5 rings (SSSR count). The van der Waals surface area contributed by atoms with Gasteiger partial charge in [-0.05, 0) is 30.7 Å². The molecule has 2 aliphatic heterocycles. The summed E-state index contributed by atoms with van der Waals surface area (Å²) in [5.41, 5.74) is 1.00. The molecule has 9 heteroatoms. The molecular formula is C24H24FN3O4S. The van der Waals surface area contributed by atoms with E-state index >= 15 is 4.39 Å². The van der Waals surface area contributed by atoms with Crippen LogP contribution in [0.5, 0.6) is 0 Å². The number of aryl methyl sites for hydroxylation is 1. The van der Waals surface area contributed by atoms with Gasteiger partial charge in [0.2, 0.25) is 5.43 Å². The molecule has 0 aliphatic carbocycles. The van der Waals surface area contributed by atoms with Crippen LogP contribution < -0.4 is 10.3 Å². The van der Waals surface area contributed by atoms with Gasteiger partial charge in [0, 0.05) is 61.0 Å². The van der Waals surface area contributed by atoms with Crippen molar-refractivity contribution in [3.63, 3.8) is 0 Å². The number of hydrogen-bond acceptors (Lipinski definition) is 5. The monoisotopic (exact) mass is 469 g/mol. The van der Waals surface area contributed by atoms with E-state index in [9.17, 15) is 18.9 Å². The van der Waals surface area contributed by atoms with E-state index < -0.39 is 28.0 Å². The second-order valence-electron chi connectivity index (χ2n) is 8.37. The second kappa shape index (κ2) is 8.39. The maximum atomic E-state index is 15.1. The number of halogens is 1. The topological polar surface area (TPSA) is 82.8 Å². The van der Waals surface area contributed by atoms with Crippen molar-refractivity contribution in [1.29, 1.82) is 0 Å². The summed E-state index contributed by atoms with van der Waals surface area (Å²) in [5.74, 6) is -1.28. The third-order valence-corrected chi connectivity index (χ3v) is 8.13. The van der Waals surface area contributed by atoms with Gasteiger partial charge in [-0.15, -0.1) is 0 Å². The van der Waals surface area contributed by atoms with E-state index in [0.717, 1.165) is 16.5 Å². The Kier molecular flexibility index (Phi) is 5.54. The maximum Gasteiger partial charge on any atom is 0.341 e. The Balaban J connectivity index is 1.43. The molecule has 0 radical (unpaired) electrons. The lowest BCUT2D eigenvalue weighted by atomic mass is 10.1. The maximum absolute atomic E-state index is 15.1. The molecule has 1 aromatic heterocycles. The number of hydrogen-bond donors (Lipinski definition) is 1. The summed E-state index contributed by atoms with van der Waals surface area (Å²) >= 11 is 0. The Hall–Kier alpha value is -3.04. The third-order valence-electron chi connectivity index (χ3n) is 6.65. The molecule has 0 spiro atoms. The molecule has 1 saturated heterocycles. The molecule has 2 aromatic carbocycles. The van der Waals surface area contributed by atoms with Gasteiger partial charge in [0.15, 0.2) is 0 Å². The highest BCUT2D eigenvalue weighted by atomic mass is 32.2. The zero-order valence-electron chi connectivity index (χ0n) is 18.2. The molecule has 7 nitrogen and oxygen atoms in total. The van der Waals surface area contributed by atoms with Gasteiger partial charge >= 0.3 is 5.97 Å². The van der Waals surface area contributed by atoms with Crippen LogP contribution in [0.3, 0.4) is 0 Å². The zero-order chi connectivity index (χ0) is 23.3. The quantitative estimate of drug-likeness (QED) is 0.633. The lowest BCUT2D eigenvalue weighted by Crippen LogP contribution is -2.48. The van der Waals surface area contributed by atoms with Gasteiger partial charge in [-0.3, -0.25) is 13.9 Å². The molecule has 2 atom stereocenters. The number of aromatic carboxylic acids is 1. The number of carboxylic acid groups (broad SMARTS) is 1. The summed E-state index contributed by atoms with van der Waals surface area (Å²) in [6.07, 6.45) is 1.32. The Morgan fingerprint density at radius 3 is 2.61 bits per heavy atom. The van der Waals surface area contributed by atoms with E-state index in [2.05, 4.69) is 4.90 Å². The Morgan fingerprint density at radius 2 is 1.91 bits per heavy atom. The Labute approximate surface area is 192 Å². The highest BCUT2D eigenvalue weighted by Crippen LogP contribution is 2.36. The fraction of sp³-hybridized carbons (Fsp3) is 0.333. The van der Waals surface area contributed by atoms with Crippen molar-refractivity contribution < 1.29 is 18.5 Å². The molecule has 3 heterocycles. The first-order chi connectivity index (χ1) is 15.9. The molecule has 1 N–H and O–H groups in total. The van der Waals surface area contributed by atoms with E-state index in [1.807, 2.05) is 36.1 Å². The van der Waals surface area contributed by atoms with E-state index in [1.54, 1.807) is 10.6 Å². The third kappa shape index (κ3) is 3.65. The standard InChI is InChI=1S/C24H24FN3O4S/c1-2-26-13-17(24(30)31)23(29)16-11-18(25)20(12-19(16)26)27-7-9-28(10-8-27)21-14-33(32)22-6-4-3-5-15(21)22/h3-6,11-13,21H,2,7-10,14H2,1H3,(H,30,31). The van der Waals surface area contributed by atoms with Crippen LogP contribution in [0.15, 0.2) is 52.3 Å². The van der Waals surface area contributed by atoms with Crippen LogP contribution in [0.25, 0.3) is 10.9 Å². The Morgan fingerprint density at radius 1 is 1.18 bits per heavy atom. The van der Waals surface area contributed by atoms with Crippen molar-refractivity contribution in [3.8, 4) is 0 Å². The first-order valence-corrected chi connectivity index (χ1v) is 12.3. The van der Waals surface area contributed by atoms with Crippen molar-refractivity contribution in [3.05, 3.63) is 69.8 Å². The van der Waals surface area contributed by atoms with E-state index in [4.69, 9.17) is 0 Å². The van der Waals surface area contributed by atoms with Gasteiger partial charge in [-0.2, -0.15) is 0 Å². The highest BCUT2D eigenvalue weighted by molar-refractivity contribution is 7.85. The van der Waals surface area contributed by atoms with Gasteiger partial charge in [0.25, 0.3) is 0 Å². The van der Waals surface area contributed by atoms with Gasteiger partial charge in [0.1, 0.15) is 11.4 Å². The summed E-state index contributed by atoms with van der Waals surface area (Å²) < 4.78 is 29.3. The number of aromatic nitrogens is 1. The number of piperazine rings is 1. The number of nitrogens with zero attached hydrogens (tertiary/aromatic N) is 3. The average molecular weight is 470 g/mol. The lowest BCUT2D eigenvalue weighted by Gasteiger charge is -2.39. The largest absolute Gasteiger partial charge is 0.477 e. The summed E-state index contributed by atoms with van der Waals surface area (Å²) in [6.45, 7) is 4.89. The van der Waals surface area contributed by atoms with Gasteiger partial charge in [0.05, 0.1) is 22.0 Å². The minimum absolute atomic E-state index is 0.0710. The molecule has 0 bridgehead atoms. The SMILES string of the molecule is CCn1cc(C(=O)O)c(=O)c2cc(F)c(N3CCN(C4CS(=O)c5ccccc54)CC3)cc21. The van der Waals surface area contributed by atoms with Gasteiger partial charge < -0.3 is 14.6 Å². The number of pyridine rings is 1. The number of fused-ring (bicyclic) bond motifs is 2. The predicted octanol–water partition coefficient (Wildman–Crippen LogP) is 2.84. The molecule has 2 unspecified atom stereocenters. The van der Waals surface area contributed by atoms with Crippen LogP contribution in [0.4, 0.5) is 10.1 Å². The molecule has 0 saturated carbocycles. The van der Waals surface area contributed by atoms with Crippen LogP contribution in [0.1, 0.15) is 28.9 Å². The van der Waals surface area contributed by atoms with E-state index in [-0.39, 0.29) is 17.0 Å². The number of anilines is 1. The number of benzene rings is 2. The molecule has 0 amide bonds. The first kappa shape index (κ1) is 21.8. The summed E-state index contributed by atoms with van der Waals surface area (Å²) in [5, 5.41) is 9.40. The number of carboxylic acids is 1. The molecule has 172 valence electrons. The highest BCUT2D eigenvalue weighted by Gasteiger charge is 2.34. The van der Waals surface area contributed by atoms with Crippen molar-refractivity contribution >= 4 is 33.4 Å². The summed E-state index contributed by atoms with van der Waals surface area (Å²) in [6, 6.07) is 10.8. The van der Waals surface area contributed by atoms with Crippen LogP contribution >= 0.6 is 0 Å². The number of rotatable bonds is 4. The lowest BCUT2D eigenvalue weighted by molar-refractivity contribution is 0.0695. The van der Waals surface area contributed by atoms with Crippen LogP contribution in [0, 0.1) is 5.82 Å². The van der Waals surface area contributed by atoms with Gasteiger partial charge in [-0.1, -0.05) is 18.2 Å². The molecule has 33 heavy (non-hydrogen) atoms. The molecule has 3 aromatic rings. The van der Waals surface area contributed by atoms with Gasteiger partial charge in [-0.25, -0.2) is 9.18 Å². The molecule has 1 fully saturated rings. The molecular weight excluding hydrogens is 445 g/mol. The van der Waals surface area contributed by atoms with Crippen molar-refractivity contribution in [2.45, 2.75) is 24.4 Å². The summed E-state index contributed by atoms with van der Waals surface area (Å²) in [4.78, 5) is 29.2. The predicted molar refractivity (Wildman–Crippen MR) is 125 cm³/mol. The smallest absolute Gasteiger partial charge is 0.341 e. The second-order valence-corrected chi connectivity index (χ2v) is 9.84.